The summed E-state index contributed by atoms with van der Waals surface area (Å²) in [7, 11) is 0. The number of hydrogen-bond acceptors (Lipinski definition) is 3. The van der Waals surface area contributed by atoms with Crippen molar-refractivity contribution >= 4 is 21.5 Å². The summed E-state index contributed by atoms with van der Waals surface area (Å²) in [5.41, 5.74) is 2.95. The van der Waals surface area contributed by atoms with Gasteiger partial charge in [0.1, 0.15) is 24.7 Å². The van der Waals surface area contributed by atoms with Crippen LogP contribution in [-0.2, 0) is 19.8 Å². The van der Waals surface area contributed by atoms with E-state index in [1.165, 1.54) is 21.5 Å². The summed E-state index contributed by atoms with van der Waals surface area (Å²) < 4.78 is 12.1. The Bertz CT molecular complexity index is 1270. The molecule has 0 heterocycles. The van der Waals surface area contributed by atoms with E-state index in [0.29, 0.717) is 24.7 Å². The van der Waals surface area contributed by atoms with Crippen LogP contribution >= 0.6 is 0 Å². The first kappa shape index (κ1) is 20.1. The molecule has 0 radical (unpaired) electrons. The molecule has 0 aliphatic carbocycles. The molecule has 0 spiro atoms. The minimum absolute atomic E-state index is 0.0699. The molecule has 0 amide bonds. The molecular weight excluding hydrogens is 396 g/mol. The molecule has 5 aromatic rings. The van der Waals surface area contributed by atoms with Crippen LogP contribution < -0.4 is 9.47 Å². The normalized spacial score (nSPS) is 11.0. The third-order valence-electron chi connectivity index (χ3n) is 5.56. The summed E-state index contributed by atoms with van der Waals surface area (Å²) in [6, 6.07) is 34.8. The zero-order valence-corrected chi connectivity index (χ0v) is 17.7. The molecule has 32 heavy (non-hydrogen) atoms. The van der Waals surface area contributed by atoms with Gasteiger partial charge in [-0.1, -0.05) is 72.8 Å². The molecule has 0 unspecified atom stereocenters. The second kappa shape index (κ2) is 9.13. The van der Waals surface area contributed by atoms with Crippen LogP contribution in [0, 0.1) is 0 Å². The Morgan fingerprint density at radius 1 is 0.469 bits per heavy atom. The van der Waals surface area contributed by atoms with Crippen molar-refractivity contribution in [2.24, 2.45) is 0 Å². The van der Waals surface area contributed by atoms with E-state index < -0.39 is 0 Å². The van der Waals surface area contributed by atoms with Gasteiger partial charge in [-0.25, -0.2) is 0 Å². The maximum absolute atomic E-state index is 9.68. The minimum atomic E-state index is -0.0699. The topological polar surface area (TPSA) is 38.7 Å². The molecule has 0 aliphatic rings. The number of benzene rings is 5. The van der Waals surface area contributed by atoms with Gasteiger partial charge in [0.05, 0.1) is 6.61 Å². The highest BCUT2D eigenvalue weighted by atomic mass is 16.5. The Morgan fingerprint density at radius 3 is 1.41 bits per heavy atom. The summed E-state index contributed by atoms with van der Waals surface area (Å²) in [6.07, 6.45) is 0. The molecule has 0 fully saturated rings. The SMILES string of the molecule is OCc1cc(OCc2ccc3ccccc3c2)cc(OCc2ccc3ccccc3c2)c1. The molecule has 3 heteroatoms. The van der Waals surface area contributed by atoms with E-state index in [-0.39, 0.29) is 6.61 Å². The second-order valence-electron chi connectivity index (χ2n) is 7.91. The highest BCUT2D eigenvalue weighted by molar-refractivity contribution is 5.83. The lowest BCUT2D eigenvalue weighted by Crippen LogP contribution is -1.99. The van der Waals surface area contributed by atoms with E-state index >= 15 is 0 Å². The fraction of sp³-hybridized carbons (Fsp3) is 0.103. The maximum Gasteiger partial charge on any atom is 0.123 e. The van der Waals surface area contributed by atoms with Crippen LogP contribution in [0.4, 0.5) is 0 Å². The molecule has 0 atom stereocenters. The predicted octanol–water partition coefficient (Wildman–Crippen LogP) is 6.64. The predicted molar refractivity (Wildman–Crippen MR) is 129 cm³/mol. The van der Waals surface area contributed by atoms with Crippen LogP contribution in [0.15, 0.2) is 103 Å². The molecule has 3 nitrogen and oxygen atoms in total. The quantitative estimate of drug-likeness (QED) is 0.321. The van der Waals surface area contributed by atoms with Crippen LogP contribution in [-0.4, -0.2) is 5.11 Å². The van der Waals surface area contributed by atoms with Crippen molar-refractivity contribution in [1.82, 2.24) is 0 Å². The summed E-state index contributed by atoms with van der Waals surface area (Å²) in [4.78, 5) is 0. The highest BCUT2D eigenvalue weighted by Gasteiger charge is 2.06. The summed E-state index contributed by atoms with van der Waals surface area (Å²) in [5, 5.41) is 14.5. The lowest BCUT2D eigenvalue weighted by atomic mass is 10.1. The average Bonchev–Trinajstić information content (AvgIpc) is 2.86. The van der Waals surface area contributed by atoms with Crippen LogP contribution in [0.3, 0.4) is 0 Å². The van der Waals surface area contributed by atoms with Gasteiger partial charge in [-0.15, -0.1) is 0 Å². The van der Waals surface area contributed by atoms with Gasteiger partial charge < -0.3 is 14.6 Å². The van der Waals surface area contributed by atoms with Crippen molar-refractivity contribution in [2.75, 3.05) is 0 Å². The van der Waals surface area contributed by atoms with Crippen molar-refractivity contribution in [3.8, 4) is 11.5 Å². The molecule has 0 bridgehead atoms. The van der Waals surface area contributed by atoms with Gasteiger partial charge in [0.2, 0.25) is 0 Å². The molecule has 0 saturated heterocycles. The van der Waals surface area contributed by atoms with Crippen molar-refractivity contribution in [3.63, 3.8) is 0 Å². The van der Waals surface area contributed by atoms with E-state index in [1.54, 1.807) is 0 Å². The molecular formula is C29H24O3. The van der Waals surface area contributed by atoms with Gasteiger partial charge >= 0.3 is 0 Å². The Balaban J connectivity index is 1.30. The highest BCUT2D eigenvalue weighted by Crippen LogP contribution is 2.26. The number of rotatable bonds is 7. The molecule has 5 rings (SSSR count). The molecule has 5 aromatic carbocycles. The third-order valence-corrected chi connectivity index (χ3v) is 5.56. The standard InChI is InChI=1S/C29H24O3/c30-18-23-15-28(31-19-21-9-11-24-5-1-3-7-26(24)13-21)17-29(16-23)32-20-22-10-12-25-6-2-4-8-27(25)14-22/h1-17,30H,18-20H2. The van der Waals surface area contributed by atoms with Gasteiger partial charge in [-0.2, -0.15) is 0 Å². The van der Waals surface area contributed by atoms with Crippen molar-refractivity contribution < 1.29 is 14.6 Å². The molecule has 0 aromatic heterocycles. The van der Waals surface area contributed by atoms with Crippen molar-refractivity contribution in [1.29, 1.82) is 0 Å². The molecule has 1 N–H and O–H groups in total. The number of hydrogen-bond donors (Lipinski definition) is 1. The Morgan fingerprint density at radius 2 is 0.938 bits per heavy atom. The first-order chi connectivity index (χ1) is 15.8. The van der Waals surface area contributed by atoms with E-state index in [4.69, 9.17) is 9.47 Å². The average molecular weight is 421 g/mol. The minimum Gasteiger partial charge on any atom is -0.489 e. The van der Waals surface area contributed by atoms with Crippen molar-refractivity contribution in [3.05, 3.63) is 120 Å². The van der Waals surface area contributed by atoms with Gasteiger partial charge in [0.15, 0.2) is 0 Å². The number of aliphatic hydroxyl groups excluding tert-OH is 1. The Labute approximate surface area is 187 Å². The fourth-order valence-corrected chi connectivity index (χ4v) is 3.88. The zero-order chi connectivity index (χ0) is 21.8. The first-order valence-corrected chi connectivity index (χ1v) is 10.7. The molecule has 0 saturated carbocycles. The van der Waals surface area contributed by atoms with E-state index in [9.17, 15) is 5.11 Å². The molecule has 158 valence electrons. The van der Waals surface area contributed by atoms with Gasteiger partial charge in [-0.05, 0) is 62.5 Å². The monoisotopic (exact) mass is 420 g/mol. The number of aliphatic hydroxyl groups is 1. The van der Waals surface area contributed by atoms with E-state index in [1.807, 2.05) is 42.5 Å². The Kier molecular flexibility index (Phi) is 5.73. The number of ether oxygens (including phenoxy) is 2. The number of fused-ring (bicyclic) bond motifs is 2. The Hall–Kier alpha value is -3.82. The van der Waals surface area contributed by atoms with E-state index in [0.717, 1.165) is 16.7 Å². The van der Waals surface area contributed by atoms with Crippen molar-refractivity contribution in [2.45, 2.75) is 19.8 Å². The van der Waals surface area contributed by atoms with Crippen LogP contribution in [0.2, 0.25) is 0 Å². The maximum atomic E-state index is 9.68. The second-order valence-corrected chi connectivity index (χ2v) is 7.91. The van der Waals surface area contributed by atoms with Crippen LogP contribution in [0.1, 0.15) is 16.7 Å². The smallest absolute Gasteiger partial charge is 0.123 e. The van der Waals surface area contributed by atoms with Gasteiger partial charge in [0, 0.05) is 6.07 Å². The van der Waals surface area contributed by atoms with Crippen LogP contribution in [0.5, 0.6) is 11.5 Å². The summed E-state index contributed by atoms with van der Waals surface area (Å²) in [6.45, 7) is 0.827. The van der Waals surface area contributed by atoms with E-state index in [2.05, 4.69) is 60.7 Å². The summed E-state index contributed by atoms with van der Waals surface area (Å²) >= 11 is 0. The molecule has 0 aliphatic heterocycles. The largest absolute Gasteiger partial charge is 0.489 e. The van der Waals surface area contributed by atoms with Crippen LogP contribution in [0.25, 0.3) is 21.5 Å². The third kappa shape index (κ3) is 4.58. The first-order valence-electron chi connectivity index (χ1n) is 10.7. The zero-order valence-electron chi connectivity index (χ0n) is 17.7. The van der Waals surface area contributed by atoms with Gasteiger partial charge in [0.25, 0.3) is 0 Å². The van der Waals surface area contributed by atoms with Gasteiger partial charge in [-0.3, -0.25) is 0 Å². The fourth-order valence-electron chi connectivity index (χ4n) is 3.88. The lowest BCUT2D eigenvalue weighted by molar-refractivity contribution is 0.271. The summed E-state index contributed by atoms with van der Waals surface area (Å²) in [5.74, 6) is 1.36. The lowest BCUT2D eigenvalue weighted by Gasteiger charge is -2.13.